The first kappa shape index (κ1) is 14.2. The molecule has 0 unspecified atom stereocenters. The number of benzene rings is 1. The van der Waals surface area contributed by atoms with Crippen molar-refractivity contribution in [3.63, 3.8) is 0 Å². The quantitative estimate of drug-likeness (QED) is 0.912. The van der Waals surface area contributed by atoms with Crippen LogP contribution in [0.2, 0.25) is 10.0 Å². The van der Waals surface area contributed by atoms with Crippen LogP contribution in [0.25, 0.3) is 0 Å². The average Bonchev–Trinajstić information content (AvgIpc) is 3.21. The van der Waals surface area contributed by atoms with Gasteiger partial charge in [-0.2, -0.15) is 0 Å². The first-order valence-corrected chi connectivity index (χ1v) is 7.81. The first-order chi connectivity index (χ1) is 9.56. The molecule has 1 aliphatic heterocycles. The normalized spacial score (nSPS) is 29.4. The van der Waals surface area contributed by atoms with Crippen LogP contribution < -0.4 is 5.73 Å². The zero-order valence-electron chi connectivity index (χ0n) is 11.2. The highest BCUT2D eigenvalue weighted by Gasteiger charge is 2.46. The van der Waals surface area contributed by atoms with Crippen LogP contribution >= 0.6 is 23.2 Å². The fourth-order valence-corrected chi connectivity index (χ4v) is 3.33. The van der Waals surface area contributed by atoms with E-state index in [1.165, 1.54) is 0 Å². The maximum atomic E-state index is 12.5. The van der Waals surface area contributed by atoms with E-state index in [-0.39, 0.29) is 23.8 Å². The first-order valence-electron chi connectivity index (χ1n) is 7.05. The Labute approximate surface area is 129 Å². The number of nitrogens with zero attached hydrogens (tertiary/aromatic N) is 1. The molecule has 0 aromatic heterocycles. The lowest BCUT2D eigenvalue weighted by molar-refractivity contribution is -0.133. The molecule has 1 heterocycles. The summed E-state index contributed by atoms with van der Waals surface area (Å²) in [4.78, 5) is 14.4. The van der Waals surface area contributed by atoms with Crippen LogP contribution in [0.15, 0.2) is 18.2 Å². The van der Waals surface area contributed by atoms with Crippen LogP contribution in [0.1, 0.15) is 30.7 Å². The van der Waals surface area contributed by atoms with Crippen LogP contribution in [-0.2, 0) is 4.79 Å². The van der Waals surface area contributed by atoms with Crippen LogP contribution in [0.5, 0.6) is 0 Å². The van der Waals surface area contributed by atoms with Crippen LogP contribution in [0, 0.1) is 5.92 Å². The van der Waals surface area contributed by atoms with Crippen molar-refractivity contribution >= 4 is 29.1 Å². The van der Waals surface area contributed by atoms with E-state index in [4.69, 9.17) is 28.9 Å². The second-order valence-electron chi connectivity index (χ2n) is 5.81. The molecule has 0 bridgehead atoms. The molecule has 1 saturated carbocycles. The third-order valence-corrected chi connectivity index (χ3v) is 4.99. The highest BCUT2D eigenvalue weighted by atomic mass is 35.5. The number of hydrogen-bond donors (Lipinski definition) is 1. The monoisotopic (exact) mass is 312 g/mol. The van der Waals surface area contributed by atoms with Crippen molar-refractivity contribution in [1.82, 2.24) is 4.90 Å². The summed E-state index contributed by atoms with van der Waals surface area (Å²) in [5.41, 5.74) is 7.05. The molecule has 20 heavy (non-hydrogen) atoms. The fraction of sp³-hybridized carbons (Fsp3) is 0.533. The second kappa shape index (κ2) is 5.55. The minimum Gasteiger partial charge on any atom is -0.341 e. The number of likely N-dealkylation sites (tertiary alicyclic amines) is 1. The molecule has 3 nitrogen and oxygen atoms in total. The Balaban J connectivity index is 1.66. The molecule has 3 rings (SSSR count). The van der Waals surface area contributed by atoms with Crippen LogP contribution in [-0.4, -0.2) is 29.9 Å². The standard InChI is InChI=1S/C15H18Cl2N2O/c16-13-4-3-9(6-14(13)17)11-7-12(11)15(20)19-5-1-2-10(18)8-19/h3-4,6,10-12H,1-2,5,7-8,18H2/t10-,11-,12+/m1/s1. The van der Waals surface area contributed by atoms with Gasteiger partial charge in [-0.05, 0) is 42.9 Å². The Kier molecular flexibility index (Phi) is 3.93. The summed E-state index contributed by atoms with van der Waals surface area (Å²) in [6.07, 6.45) is 2.93. The van der Waals surface area contributed by atoms with E-state index in [9.17, 15) is 4.79 Å². The van der Waals surface area contributed by atoms with Gasteiger partial charge in [0.25, 0.3) is 0 Å². The Hall–Kier alpha value is -0.770. The van der Waals surface area contributed by atoms with Crippen LogP contribution in [0.4, 0.5) is 0 Å². The van der Waals surface area contributed by atoms with Crippen molar-refractivity contribution in [1.29, 1.82) is 0 Å². The molecular formula is C15H18Cl2N2O. The van der Waals surface area contributed by atoms with E-state index in [1.807, 2.05) is 17.0 Å². The summed E-state index contributed by atoms with van der Waals surface area (Å²) < 4.78 is 0. The molecule has 3 atom stereocenters. The van der Waals surface area contributed by atoms with Gasteiger partial charge in [0.2, 0.25) is 5.91 Å². The van der Waals surface area contributed by atoms with E-state index >= 15 is 0 Å². The molecule has 2 fully saturated rings. The van der Waals surface area contributed by atoms with Crippen molar-refractivity contribution in [3.05, 3.63) is 33.8 Å². The lowest BCUT2D eigenvalue weighted by atomic mass is 10.0. The summed E-state index contributed by atoms with van der Waals surface area (Å²) in [7, 11) is 0. The number of rotatable bonds is 2. The highest BCUT2D eigenvalue weighted by Crippen LogP contribution is 2.49. The largest absolute Gasteiger partial charge is 0.341 e. The third-order valence-electron chi connectivity index (χ3n) is 4.25. The minimum atomic E-state index is 0.0949. The van der Waals surface area contributed by atoms with E-state index in [0.29, 0.717) is 16.6 Å². The Morgan fingerprint density at radius 1 is 1.30 bits per heavy atom. The SMILES string of the molecule is N[C@@H]1CCCN(C(=O)[C@H]2C[C@@H]2c2ccc(Cl)c(Cl)c2)C1. The van der Waals surface area contributed by atoms with Crippen LogP contribution in [0.3, 0.4) is 0 Å². The van der Waals surface area contributed by atoms with Gasteiger partial charge in [-0.3, -0.25) is 4.79 Å². The molecule has 1 aliphatic carbocycles. The Morgan fingerprint density at radius 3 is 2.80 bits per heavy atom. The van der Waals surface area contributed by atoms with E-state index in [1.54, 1.807) is 6.07 Å². The van der Waals surface area contributed by atoms with Crippen molar-refractivity contribution in [2.75, 3.05) is 13.1 Å². The number of halogens is 2. The molecule has 5 heteroatoms. The summed E-state index contributed by atoms with van der Waals surface area (Å²) in [5.74, 6) is 0.629. The molecule has 2 aliphatic rings. The summed E-state index contributed by atoms with van der Waals surface area (Å²) >= 11 is 12.0. The van der Waals surface area contributed by atoms with Gasteiger partial charge in [0.05, 0.1) is 10.0 Å². The molecule has 0 radical (unpaired) electrons. The van der Waals surface area contributed by atoms with E-state index in [2.05, 4.69) is 0 Å². The number of piperidine rings is 1. The van der Waals surface area contributed by atoms with Gasteiger partial charge < -0.3 is 10.6 Å². The summed E-state index contributed by atoms with van der Waals surface area (Å²) in [5, 5.41) is 1.11. The summed E-state index contributed by atoms with van der Waals surface area (Å²) in [6.45, 7) is 1.54. The van der Waals surface area contributed by atoms with E-state index < -0.39 is 0 Å². The average molecular weight is 313 g/mol. The maximum absolute atomic E-state index is 12.5. The van der Waals surface area contributed by atoms with Gasteiger partial charge >= 0.3 is 0 Å². The zero-order chi connectivity index (χ0) is 14.3. The Bertz CT molecular complexity index is 535. The van der Waals surface area contributed by atoms with Crippen molar-refractivity contribution in [2.24, 2.45) is 11.7 Å². The number of amides is 1. The molecule has 1 saturated heterocycles. The van der Waals surface area contributed by atoms with Gasteiger partial charge in [-0.1, -0.05) is 29.3 Å². The van der Waals surface area contributed by atoms with Gasteiger partial charge in [0.1, 0.15) is 0 Å². The number of nitrogens with two attached hydrogens (primary N) is 1. The molecular weight excluding hydrogens is 295 g/mol. The number of carbonyl (C=O) groups excluding carboxylic acids is 1. The minimum absolute atomic E-state index is 0.0949. The van der Waals surface area contributed by atoms with Gasteiger partial charge in [-0.25, -0.2) is 0 Å². The molecule has 1 aromatic rings. The maximum Gasteiger partial charge on any atom is 0.226 e. The fourth-order valence-electron chi connectivity index (χ4n) is 3.02. The predicted octanol–water partition coefficient (Wildman–Crippen LogP) is 3.05. The van der Waals surface area contributed by atoms with Crippen molar-refractivity contribution < 1.29 is 4.79 Å². The molecule has 2 N–H and O–H groups in total. The van der Waals surface area contributed by atoms with Crippen molar-refractivity contribution in [2.45, 2.75) is 31.2 Å². The molecule has 0 spiro atoms. The Morgan fingerprint density at radius 2 is 2.10 bits per heavy atom. The predicted molar refractivity (Wildman–Crippen MR) is 81.1 cm³/mol. The topological polar surface area (TPSA) is 46.3 Å². The number of hydrogen-bond acceptors (Lipinski definition) is 2. The highest BCUT2D eigenvalue weighted by molar-refractivity contribution is 6.42. The lowest BCUT2D eigenvalue weighted by Gasteiger charge is -2.31. The smallest absolute Gasteiger partial charge is 0.226 e. The lowest BCUT2D eigenvalue weighted by Crippen LogP contribution is -2.46. The number of carbonyl (C=O) groups is 1. The van der Waals surface area contributed by atoms with E-state index in [0.717, 1.165) is 31.4 Å². The van der Waals surface area contributed by atoms with Gasteiger partial charge in [0, 0.05) is 25.0 Å². The zero-order valence-corrected chi connectivity index (χ0v) is 12.7. The third kappa shape index (κ3) is 2.80. The summed E-state index contributed by atoms with van der Waals surface area (Å²) in [6, 6.07) is 5.78. The molecule has 1 aromatic carbocycles. The van der Waals surface area contributed by atoms with Gasteiger partial charge in [0.15, 0.2) is 0 Å². The van der Waals surface area contributed by atoms with Crippen molar-refractivity contribution in [3.8, 4) is 0 Å². The molecule has 1 amide bonds. The second-order valence-corrected chi connectivity index (χ2v) is 6.62. The van der Waals surface area contributed by atoms with Gasteiger partial charge in [-0.15, -0.1) is 0 Å². The molecule has 108 valence electrons.